The third-order valence-corrected chi connectivity index (χ3v) is 3.71. The largest absolute Gasteiger partial charge is 0.468 e. The highest BCUT2D eigenvalue weighted by atomic mass is 32.1. The quantitative estimate of drug-likeness (QED) is 0.862. The van der Waals surface area contributed by atoms with Crippen LogP contribution in [0.1, 0.15) is 22.5 Å². The lowest BCUT2D eigenvalue weighted by Crippen LogP contribution is -2.21. The van der Waals surface area contributed by atoms with Gasteiger partial charge in [0.1, 0.15) is 12.0 Å². The van der Waals surface area contributed by atoms with E-state index >= 15 is 0 Å². The van der Waals surface area contributed by atoms with Gasteiger partial charge in [-0.25, -0.2) is 0 Å². The number of rotatable bonds is 4. The van der Waals surface area contributed by atoms with Gasteiger partial charge < -0.3 is 9.84 Å². The Hall–Kier alpha value is -1.65. The molecule has 1 heterocycles. The molecule has 1 aromatic heterocycles. The summed E-state index contributed by atoms with van der Waals surface area (Å²) in [6, 6.07) is 12.8. The van der Waals surface area contributed by atoms with Gasteiger partial charge in [0.15, 0.2) is 0 Å². The van der Waals surface area contributed by atoms with Gasteiger partial charge in [-0.05, 0) is 17.0 Å². The number of esters is 1. The average Bonchev–Trinajstić information content (AvgIpc) is 2.94. The summed E-state index contributed by atoms with van der Waals surface area (Å²) in [6.07, 6.45) is -0.875. The number of aliphatic hydroxyl groups excluding tert-OH is 1. The van der Waals surface area contributed by atoms with Crippen molar-refractivity contribution in [1.29, 1.82) is 0 Å². The predicted octanol–water partition coefficient (Wildman–Crippen LogP) is 2.74. The second-order valence-corrected chi connectivity index (χ2v) is 4.85. The molecule has 2 atom stereocenters. The van der Waals surface area contributed by atoms with E-state index in [-0.39, 0.29) is 0 Å². The molecule has 0 aliphatic rings. The zero-order valence-corrected chi connectivity index (χ0v) is 10.8. The van der Waals surface area contributed by atoms with Crippen molar-refractivity contribution < 1.29 is 14.6 Å². The fourth-order valence-corrected chi connectivity index (χ4v) is 2.61. The third kappa shape index (κ3) is 2.60. The third-order valence-electron chi connectivity index (χ3n) is 2.76. The number of carbonyl (C=O) groups excluding carboxylic acids is 1. The first-order valence-electron chi connectivity index (χ1n) is 5.58. The fourth-order valence-electron chi connectivity index (χ4n) is 1.86. The van der Waals surface area contributed by atoms with Crippen molar-refractivity contribution in [1.82, 2.24) is 0 Å². The van der Waals surface area contributed by atoms with Gasteiger partial charge in [-0.15, -0.1) is 11.3 Å². The second kappa shape index (κ2) is 5.80. The zero-order valence-electron chi connectivity index (χ0n) is 9.95. The van der Waals surface area contributed by atoms with Crippen LogP contribution in [0.2, 0.25) is 0 Å². The minimum absolute atomic E-state index is 0.429. The molecule has 0 saturated carbocycles. The number of benzene rings is 1. The second-order valence-electron chi connectivity index (χ2n) is 3.87. The van der Waals surface area contributed by atoms with Gasteiger partial charge >= 0.3 is 5.97 Å². The van der Waals surface area contributed by atoms with Crippen molar-refractivity contribution in [2.75, 3.05) is 7.11 Å². The monoisotopic (exact) mass is 262 g/mol. The Labute approximate surface area is 110 Å². The summed E-state index contributed by atoms with van der Waals surface area (Å²) >= 11 is 1.42. The highest BCUT2D eigenvalue weighted by molar-refractivity contribution is 7.10. The highest BCUT2D eigenvalue weighted by Crippen LogP contribution is 2.34. The maximum atomic E-state index is 11.9. The molecule has 0 fully saturated rings. The molecule has 0 amide bonds. The van der Waals surface area contributed by atoms with Crippen LogP contribution < -0.4 is 0 Å². The first-order chi connectivity index (χ1) is 8.74. The predicted molar refractivity (Wildman–Crippen MR) is 70.5 cm³/mol. The van der Waals surface area contributed by atoms with E-state index in [1.165, 1.54) is 18.4 Å². The fraction of sp³-hybridized carbons (Fsp3) is 0.214. The van der Waals surface area contributed by atoms with Crippen LogP contribution in [0.5, 0.6) is 0 Å². The van der Waals surface area contributed by atoms with E-state index in [0.717, 1.165) is 10.4 Å². The maximum absolute atomic E-state index is 11.9. The van der Waals surface area contributed by atoms with Gasteiger partial charge in [-0.1, -0.05) is 36.4 Å². The molecule has 1 aromatic carbocycles. The molecule has 0 unspecified atom stereocenters. The lowest BCUT2D eigenvalue weighted by Gasteiger charge is -2.20. The van der Waals surface area contributed by atoms with Crippen molar-refractivity contribution in [3.8, 4) is 0 Å². The number of aliphatic hydroxyl groups is 1. The maximum Gasteiger partial charge on any atom is 0.316 e. The molecule has 0 aliphatic heterocycles. The summed E-state index contributed by atoms with van der Waals surface area (Å²) in [6.45, 7) is 0. The van der Waals surface area contributed by atoms with Crippen molar-refractivity contribution in [3.63, 3.8) is 0 Å². The van der Waals surface area contributed by atoms with Crippen LogP contribution in [0.4, 0.5) is 0 Å². The van der Waals surface area contributed by atoms with Gasteiger partial charge in [-0.2, -0.15) is 0 Å². The van der Waals surface area contributed by atoms with E-state index in [2.05, 4.69) is 0 Å². The Bertz CT molecular complexity index is 493. The lowest BCUT2D eigenvalue weighted by atomic mass is 9.92. The SMILES string of the molecule is COC(=O)[C@@H](c1ccccc1)[C@H](O)c1cccs1. The molecule has 2 rings (SSSR count). The number of methoxy groups -OCH3 is 1. The van der Waals surface area contributed by atoms with E-state index in [4.69, 9.17) is 4.74 Å². The summed E-state index contributed by atoms with van der Waals surface area (Å²) in [5, 5.41) is 12.2. The summed E-state index contributed by atoms with van der Waals surface area (Å²) in [5.74, 6) is -1.11. The molecule has 3 nitrogen and oxygen atoms in total. The summed E-state index contributed by atoms with van der Waals surface area (Å²) in [7, 11) is 1.33. The molecular weight excluding hydrogens is 248 g/mol. The zero-order chi connectivity index (χ0) is 13.0. The van der Waals surface area contributed by atoms with E-state index in [0.29, 0.717) is 0 Å². The average molecular weight is 262 g/mol. The molecule has 0 radical (unpaired) electrons. The van der Waals surface area contributed by atoms with Crippen LogP contribution in [0, 0.1) is 0 Å². The Kier molecular flexibility index (Phi) is 4.12. The standard InChI is InChI=1S/C14H14O3S/c1-17-14(16)12(10-6-3-2-4-7-10)13(15)11-8-5-9-18-11/h2-9,12-13,15H,1H3/t12-,13+/m0/s1. The molecule has 0 spiro atoms. The van der Waals surface area contributed by atoms with E-state index in [1.807, 2.05) is 47.8 Å². The molecule has 0 bridgehead atoms. The summed E-state index contributed by atoms with van der Waals surface area (Å²) in [4.78, 5) is 12.6. The first kappa shape index (κ1) is 12.8. The molecule has 0 saturated heterocycles. The van der Waals surface area contributed by atoms with Gasteiger partial charge in [0.05, 0.1) is 7.11 Å². The van der Waals surface area contributed by atoms with Crippen LogP contribution >= 0.6 is 11.3 Å². The Balaban J connectivity index is 2.35. The van der Waals surface area contributed by atoms with Crippen molar-refractivity contribution in [2.24, 2.45) is 0 Å². The smallest absolute Gasteiger partial charge is 0.316 e. The molecular formula is C14H14O3S. The number of ether oxygens (including phenoxy) is 1. The van der Waals surface area contributed by atoms with E-state index in [1.54, 1.807) is 0 Å². The summed E-state index contributed by atoms with van der Waals surface area (Å²) in [5.41, 5.74) is 0.755. The minimum Gasteiger partial charge on any atom is -0.468 e. The topological polar surface area (TPSA) is 46.5 Å². The van der Waals surface area contributed by atoms with Crippen molar-refractivity contribution in [2.45, 2.75) is 12.0 Å². The van der Waals surface area contributed by atoms with Crippen LogP contribution in [-0.4, -0.2) is 18.2 Å². The van der Waals surface area contributed by atoms with E-state index in [9.17, 15) is 9.90 Å². The molecule has 4 heteroatoms. The first-order valence-corrected chi connectivity index (χ1v) is 6.46. The molecule has 0 aliphatic carbocycles. The van der Waals surface area contributed by atoms with E-state index < -0.39 is 18.0 Å². The van der Waals surface area contributed by atoms with Crippen LogP contribution in [0.15, 0.2) is 47.8 Å². The number of carbonyl (C=O) groups is 1. The Morgan fingerprint density at radius 2 is 1.94 bits per heavy atom. The number of hydrogen-bond acceptors (Lipinski definition) is 4. The van der Waals surface area contributed by atoms with Gasteiger partial charge in [0.25, 0.3) is 0 Å². The molecule has 2 aromatic rings. The number of hydrogen-bond donors (Lipinski definition) is 1. The minimum atomic E-state index is -0.875. The molecule has 18 heavy (non-hydrogen) atoms. The Morgan fingerprint density at radius 3 is 2.50 bits per heavy atom. The lowest BCUT2D eigenvalue weighted by molar-refractivity contribution is -0.145. The van der Waals surface area contributed by atoms with Crippen LogP contribution in [0.25, 0.3) is 0 Å². The van der Waals surface area contributed by atoms with Crippen molar-refractivity contribution >= 4 is 17.3 Å². The van der Waals surface area contributed by atoms with Gasteiger partial charge in [-0.3, -0.25) is 4.79 Å². The highest BCUT2D eigenvalue weighted by Gasteiger charge is 2.31. The van der Waals surface area contributed by atoms with Crippen molar-refractivity contribution in [3.05, 3.63) is 58.3 Å². The Morgan fingerprint density at radius 1 is 1.22 bits per heavy atom. The van der Waals surface area contributed by atoms with Gasteiger partial charge in [0.2, 0.25) is 0 Å². The number of thiophene rings is 1. The molecule has 94 valence electrons. The molecule has 1 N–H and O–H groups in total. The van der Waals surface area contributed by atoms with Gasteiger partial charge in [0, 0.05) is 4.88 Å². The van der Waals surface area contributed by atoms with Crippen LogP contribution in [-0.2, 0) is 9.53 Å². The van der Waals surface area contributed by atoms with Crippen LogP contribution in [0.3, 0.4) is 0 Å². The summed E-state index contributed by atoms with van der Waals surface area (Å²) < 4.78 is 4.79. The normalized spacial score (nSPS) is 13.9.